The molecular weight excluding hydrogens is 186 g/mol. The van der Waals surface area contributed by atoms with Crippen LogP contribution < -0.4 is 16.5 Å². The van der Waals surface area contributed by atoms with Gasteiger partial charge >= 0.3 is 0 Å². The van der Waals surface area contributed by atoms with E-state index in [4.69, 9.17) is 5.73 Å². The Balaban J connectivity index is 2.37. The molecule has 0 radical (unpaired) electrons. The molecule has 1 heterocycles. The quantitative estimate of drug-likeness (QED) is 0.527. The predicted octanol–water partition coefficient (Wildman–Crippen LogP) is -1.34. The second-order valence-electron chi connectivity index (χ2n) is 4.06. The van der Waals surface area contributed by atoms with Crippen molar-refractivity contribution < 1.29 is 14.4 Å². The maximum Gasteiger partial charge on any atom is 0.268 e. The van der Waals surface area contributed by atoms with Crippen LogP contribution >= 0.6 is 0 Å². The molecule has 6 heteroatoms. The number of amides is 2. The fourth-order valence-corrected chi connectivity index (χ4v) is 1.11. The standard InChI is InChI=1S/C8H15N3O3/c1-8(2,9)3-6(12)10-5-4-14-11-7(5)13/h5H,3-4,9H2,1-2H3,(H,10,12)(H,11,13)/t5-/m1/s1. The lowest BCUT2D eigenvalue weighted by Crippen LogP contribution is -2.46. The number of nitrogens with one attached hydrogen (secondary N) is 2. The zero-order valence-corrected chi connectivity index (χ0v) is 8.29. The van der Waals surface area contributed by atoms with E-state index < -0.39 is 11.6 Å². The van der Waals surface area contributed by atoms with Gasteiger partial charge in [0.25, 0.3) is 5.91 Å². The summed E-state index contributed by atoms with van der Waals surface area (Å²) in [6.07, 6.45) is 0.177. The molecule has 1 aliphatic rings. The van der Waals surface area contributed by atoms with Crippen molar-refractivity contribution >= 4 is 11.8 Å². The summed E-state index contributed by atoms with van der Waals surface area (Å²) in [6, 6.07) is -0.593. The minimum atomic E-state index is -0.593. The van der Waals surface area contributed by atoms with Gasteiger partial charge in [0.05, 0.1) is 0 Å². The third kappa shape index (κ3) is 3.31. The van der Waals surface area contributed by atoms with E-state index in [1.807, 2.05) is 0 Å². The number of nitrogens with two attached hydrogens (primary N) is 1. The Bertz CT molecular complexity index is 247. The van der Waals surface area contributed by atoms with Crippen LogP contribution in [-0.2, 0) is 14.4 Å². The fourth-order valence-electron chi connectivity index (χ4n) is 1.11. The molecular formula is C8H15N3O3. The molecule has 6 nitrogen and oxygen atoms in total. The third-order valence-electron chi connectivity index (χ3n) is 1.69. The Morgan fingerprint density at radius 1 is 1.79 bits per heavy atom. The van der Waals surface area contributed by atoms with E-state index in [2.05, 4.69) is 15.6 Å². The van der Waals surface area contributed by atoms with E-state index >= 15 is 0 Å². The molecule has 1 atom stereocenters. The number of carbonyl (C=O) groups excluding carboxylic acids is 2. The molecule has 0 bridgehead atoms. The molecule has 1 aliphatic heterocycles. The van der Waals surface area contributed by atoms with Crippen LogP contribution in [0.3, 0.4) is 0 Å². The van der Waals surface area contributed by atoms with Gasteiger partial charge in [-0.05, 0) is 13.8 Å². The molecule has 80 valence electrons. The molecule has 1 fully saturated rings. The summed E-state index contributed by atoms with van der Waals surface area (Å²) >= 11 is 0. The lowest BCUT2D eigenvalue weighted by Gasteiger charge is -2.18. The summed E-state index contributed by atoms with van der Waals surface area (Å²) in [5, 5.41) is 2.53. The van der Waals surface area contributed by atoms with Gasteiger partial charge in [0.2, 0.25) is 5.91 Å². The maximum absolute atomic E-state index is 11.3. The second-order valence-corrected chi connectivity index (χ2v) is 4.06. The van der Waals surface area contributed by atoms with Crippen molar-refractivity contribution in [1.82, 2.24) is 10.8 Å². The first kappa shape index (κ1) is 10.9. The first-order chi connectivity index (χ1) is 6.38. The molecule has 0 aliphatic carbocycles. The van der Waals surface area contributed by atoms with Crippen molar-refractivity contribution in [3.05, 3.63) is 0 Å². The van der Waals surface area contributed by atoms with Crippen LogP contribution in [-0.4, -0.2) is 30.0 Å². The highest BCUT2D eigenvalue weighted by Crippen LogP contribution is 2.04. The van der Waals surface area contributed by atoms with E-state index in [9.17, 15) is 9.59 Å². The molecule has 0 aromatic heterocycles. The first-order valence-corrected chi connectivity index (χ1v) is 4.38. The summed E-state index contributed by atoms with van der Waals surface area (Å²) < 4.78 is 0. The Labute approximate surface area is 82.1 Å². The van der Waals surface area contributed by atoms with E-state index in [0.717, 1.165) is 0 Å². The average Bonchev–Trinajstić information content (AvgIpc) is 2.32. The molecule has 1 saturated heterocycles. The van der Waals surface area contributed by atoms with Crippen molar-refractivity contribution in [2.24, 2.45) is 5.73 Å². The Kier molecular flexibility index (Phi) is 3.07. The highest BCUT2D eigenvalue weighted by Gasteiger charge is 2.28. The molecule has 4 N–H and O–H groups in total. The highest BCUT2D eigenvalue weighted by atomic mass is 16.7. The predicted molar refractivity (Wildman–Crippen MR) is 48.9 cm³/mol. The minimum absolute atomic E-state index is 0.162. The molecule has 0 saturated carbocycles. The van der Waals surface area contributed by atoms with Crippen LogP contribution in [0.1, 0.15) is 20.3 Å². The number of hydrogen-bond acceptors (Lipinski definition) is 4. The van der Waals surface area contributed by atoms with Crippen LogP contribution in [0.5, 0.6) is 0 Å². The fraction of sp³-hybridized carbons (Fsp3) is 0.750. The van der Waals surface area contributed by atoms with Crippen LogP contribution in [0.15, 0.2) is 0 Å². The summed E-state index contributed by atoms with van der Waals surface area (Å²) in [5.41, 5.74) is 7.24. The largest absolute Gasteiger partial charge is 0.342 e. The van der Waals surface area contributed by atoms with Gasteiger partial charge in [0.1, 0.15) is 12.6 Å². The Morgan fingerprint density at radius 2 is 2.43 bits per heavy atom. The van der Waals surface area contributed by atoms with Gasteiger partial charge in [0, 0.05) is 12.0 Å². The molecule has 0 aromatic carbocycles. The third-order valence-corrected chi connectivity index (χ3v) is 1.69. The van der Waals surface area contributed by atoms with Crippen molar-refractivity contribution in [1.29, 1.82) is 0 Å². The van der Waals surface area contributed by atoms with Gasteiger partial charge in [-0.2, -0.15) is 0 Å². The highest BCUT2D eigenvalue weighted by molar-refractivity contribution is 5.88. The first-order valence-electron chi connectivity index (χ1n) is 4.38. The van der Waals surface area contributed by atoms with E-state index in [0.29, 0.717) is 0 Å². The SMILES string of the molecule is CC(C)(N)CC(=O)N[C@@H]1CONC1=O. The summed E-state index contributed by atoms with van der Waals surface area (Å²) in [6.45, 7) is 3.66. The zero-order valence-electron chi connectivity index (χ0n) is 8.29. The Hall–Kier alpha value is -1.14. The van der Waals surface area contributed by atoms with Crippen molar-refractivity contribution in [3.8, 4) is 0 Å². The maximum atomic E-state index is 11.3. The molecule has 2 amide bonds. The molecule has 14 heavy (non-hydrogen) atoms. The van der Waals surface area contributed by atoms with Gasteiger partial charge in [-0.25, -0.2) is 5.48 Å². The average molecular weight is 201 g/mol. The molecule has 0 aromatic rings. The minimum Gasteiger partial charge on any atom is -0.342 e. The summed E-state index contributed by atoms with van der Waals surface area (Å²) in [5.74, 6) is -0.573. The molecule has 1 rings (SSSR count). The van der Waals surface area contributed by atoms with Gasteiger partial charge in [-0.3, -0.25) is 14.4 Å². The van der Waals surface area contributed by atoms with Gasteiger partial charge in [0.15, 0.2) is 0 Å². The molecule has 0 unspecified atom stereocenters. The monoisotopic (exact) mass is 201 g/mol. The number of hydrogen-bond donors (Lipinski definition) is 3. The van der Waals surface area contributed by atoms with Crippen molar-refractivity contribution in [3.63, 3.8) is 0 Å². The normalized spacial score (nSPS) is 21.9. The lowest BCUT2D eigenvalue weighted by molar-refractivity contribution is -0.129. The van der Waals surface area contributed by atoms with E-state index in [1.165, 1.54) is 0 Å². The number of hydroxylamine groups is 1. The van der Waals surface area contributed by atoms with Crippen molar-refractivity contribution in [2.45, 2.75) is 31.8 Å². The number of rotatable bonds is 3. The van der Waals surface area contributed by atoms with Gasteiger partial charge in [-0.1, -0.05) is 0 Å². The summed E-state index contributed by atoms with van der Waals surface area (Å²) in [4.78, 5) is 27.0. The van der Waals surface area contributed by atoms with E-state index in [1.54, 1.807) is 13.8 Å². The molecule has 0 spiro atoms. The second kappa shape index (κ2) is 3.93. The van der Waals surface area contributed by atoms with Gasteiger partial charge in [-0.15, -0.1) is 0 Å². The van der Waals surface area contributed by atoms with Crippen LogP contribution in [0, 0.1) is 0 Å². The lowest BCUT2D eigenvalue weighted by atomic mass is 10.0. The summed E-state index contributed by atoms with van der Waals surface area (Å²) in [7, 11) is 0. The van der Waals surface area contributed by atoms with E-state index in [-0.39, 0.29) is 24.8 Å². The number of carbonyl (C=O) groups is 2. The van der Waals surface area contributed by atoms with Gasteiger partial charge < -0.3 is 11.1 Å². The van der Waals surface area contributed by atoms with Crippen LogP contribution in [0.4, 0.5) is 0 Å². The van der Waals surface area contributed by atoms with Crippen LogP contribution in [0.2, 0.25) is 0 Å². The van der Waals surface area contributed by atoms with Crippen LogP contribution in [0.25, 0.3) is 0 Å². The Morgan fingerprint density at radius 3 is 2.86 bits per heavy atom. The smallest absolute Gasteiger partial charge is 0.268 e. The topological polar surface area (TPSA) is 93.5 Å². The zero-order chi connectivity index (χ0) is 10.8. The van der Waals surface area contributed by atoms with Crippen molar-refractivity contribution in [2.75, 3.05) is 6.61 Å².